The van der Waals surface area contributed by atoms with E-state index in [0.717, 1.165) is 43.0 Å². The van der Waals surface area contributed by atoms with Gasteiger partial charge in [-0.25, -0.2) is 0 Å². The van der Waals surface area contributed by atoms with Crippen LogP contribution in [0.3, 0.4) is 0 Å². The van der Waals surface area contributed by atoms with Gasteiger partial charge in [-0.2, -0.15) is 0 Å². The summed E-state index contributed by atoms with van der Waals surface area (Å²) in [6, 6.07) is 11.5. The molecular weight excluding hydrogens is 437 g/mol. The van der Waals surface area contributed by atoms with Gasteiger partial charge in [0.05, 0.1) is 13.0 Å². The first-order valence-corrected chi connectivity index (χ1v) is 11.2. The van der Waals surface area contributed by atoms with Crippen LogP contribution in [0.5, 0.6) is 11.5 Å². The van der Waals surface area contributed by atoms with E-state index in [-0.39, 0.29) is 11.8 Å². The maximum Gasteiger partial charge on any atom is 0.304 e. The van der Waals surface area contributed by atoms with Gasteiger partial charge < -0.3 is 19.5 Å². The van der Waals surface area contributed by atoms with Crippen LogP contribution in [0.15, 0.2) is 42.5 Å². The molecule has 2 aliphatic rings. The Morgan fingerprint density at radius 1 is 1.19 bits per heavy atom. The summed E-state index contributed by atoms with van der Waals surface area (Å²) < 4.78 is 11.9. The highest BCUT2D eigenvalue weighted by Gasteiger charge is 2.43. The quantitative estimate of drug-likeness (QED) is 0.606. The van der Waals surface area contributed by atoms with Crippen LogP contribution in [-0.2, 0) is 10.2 Å². The van der Waals surface area contributed by atoms with Gasteiger partial charge in [0.15, 0.2) is 0 Å². The van der Waals surface area contributed by atoms with Crippen molar-refractivity contribution >= 4 is 35.2 Å². The number of carboxylic acids is 1. The smallest absolute Gasteiger partial charge is 0.304 e. The second-order valence-electron chi connectivity index (χ2n) is 8.06. The van der Waals surface area contributed by atoms with E-state index >= 15 is 0 Å². The van der Waals surface area contributed by atoms with E-state index in [2.05, 4.69) is 11.0 Å². The monoisotopic (exact) mass is 461 g/mol. The van der Waals surface area contributed by atoms with E-state index in [4.69, 9.17) is 37.8 Å². The number of hydrogen-bond donors (Lipinski definition) is 1. The van der Waals surface area contributed by atoms with Crippen molar-refractivity contribution in [3.05, 3.63) is 63.6 Å². The van der Waals surface area contributed by atoms with Gasteiger partial charge in [0.25, 0.3) is 0 Å². The molecule has 4 rings (SSSR count). The molecule has 1 fully saturated rings. The summed E-state index contributed by atoms with van der Waals surface area (Å²) in [6.45, 7) is 3.46. The highest BCUT2D eigenvalue weighted by molar-refractivity contribution is 6.37. The molecule has 0 saturated carbocycles. The number of hydrogen-bond acceptors (Lipinski definition) is 4. The van der Waals surface area contributed by atoms with Crippen molar-refractivity contribution in [1.82, 2.24) is 4.90 Å². The number of benzene rings is 2. The van der Waals surface area contributed by atoms with Gasteiger partial charge in [-0.3, -0.25) is 4.79 Å². The van der Waals surface area contributed by atoms with Gasteiger partial charge in [0.1, 0.15) is 18.1 Å². The number of nitrogens with zero attached hydrogens (tertiary/aromatic N) is 1. The van der Waals surface area contributed by atoms with Gasteiger partial charge in [-0.05, 0) is 50.2 Å². The van der Waals surface area contributed by atoms with Crippen molar-refractivity contribution < 1.29 is 19.4 Å². The van der Waals surface area contributed by atoms with Crippen LogP contribution >= 0.6 is 23.2 Å². The molecule has 1 spiro atoms. The predicted octanol–water partition coefficient (Wildman–Crippen LogP) is 5.29. The van der Waals surface area contributed by atoms with Crippen molar-refractivity contribution in [2.45, 2.75) is 24.7 Å². The van der Waals surface area contributed by atoms with E-state index in [9.17, 15) is 4.79 Å². The van der Waals surface area contributed by atoms with Gasteiger partial charge >= 0.3 is 5.97 Å². The Bertz CT molecular complexity index is 963. The molecule has 31 heavy (non-hydrogen) atoms. The number of halogens is 2. The zero-order valence-electron chi connectivity index (χ0n) is 17.2. The molecular formula is C24H25Cl2NO4. The number of fused-ring (bicyclic) bond motifs is 2. The molecule has 0 bridgehead atoms. The summed E-state index contributed by atoms with van der Waals surface area (Å²) in [4.78, 5) is 13.0. The number of rotatable bonds is 7. The van der Waals surface area contributed by atoms with Crippen LogP contribution in [0.25, 0.3) is 6.08 Å². The minimum atomic E-state index is -0.743. The minimum Gasteiger partial charge on any atom is -0.492 e. The third kappa shape index (κ3) is 5.00. The lowest BCUT2D eigenvalue weighted by molar-refractivity contribution is -0.137. The normalized spacial score (nSPS) is 17.6. The fraction of sp³-hybridized carbons (Fsp3) is 0.375. The van der Waals surface area contributed by atoms with Gasteiger partial charge in [0.2, 0.25) is 0 Å². The summed E-state index contributed by atoms with van der Waals surface area (Å²) in [5.74, 6) is 0.895. The number of aliphatic carboxylic acids is 1. The van der Waals surface area contributed by atoms with E-state index < -0.39 is 5.97 Å². The topological polar surface area (TPSA) is 59.0 Å². The predicted molar refractivity (Wildman–Crippen MR) is 123 cm³/mol. The number of likely N-dealkylation sites (tertiary alicyclic amines) is 1. The van der Waals surface area contributed by atoms with E-state index in [1.807, 2.05) is 30.4 Å². The second kappa shape index (κ2) is 9.51. The Hall–Kier alpha value is -2.21. The molecule has 2 aliphatic heterocycles. The average molecular weight is 462 g/mol. The maximum absolute atomic E-state index is 10.8. The van der Waals surface area contributed by atoms with Gasteiger partial charge in [-0.15, -0.1) is 0 Å². The number of piperidine rings is 1. The highest BCUT2D eigenvalue weighted by Crippen LogP contribution is 2.46. The van der Waals surface area contributed by atoms with Gasteiger partial charge in [0, 0.05) is 39.2 Å². The SMILES string of the molecule is O=C(O)CCN1CCC2(CC1)COc1cc(OC/C=C/c3c(Cl)cccc3Cl)ccc12. The molecule has 0 radical (unpaired) electrons. The first kappa shape index (κ1) is 22.0. The Balaban J connectivity index is 1.35. The molecule has 1 N–H and O–H groups in total. The van der Waals surface area contributed by atoms with Crippen molar-refractivity contribution in [3.8, 4) is 11.5 Å². The Morgan fingerprint density at radius 3 is 2.65 bits per heavy atom. The molecule has 0 aliphatic carbocycles. The molecule has 2 aromatic carbocycles. The van der Waals surface area contributed by atoms with Crippen molar-refractivity contribution in [1.29, 1.82) is 0 Å². The standard InChI is InChI=1S/C24H25Cl2NO4/c25-20-4-1-5-21(26)18(20)3-2-14-30-17-6-7-19-22(15-17)31-16-24(19)9-12-27(13-10-24)11-8-23(28)29/h1-7,15H,8-14,16H2,(H,28,29)/b3-2+. The van der Waals surface area contributed by atoms with E-state index in [0.29, 0.717) is 29.8 Å². The molecule has 2 heterocycles. The minimum absolute atomic E-state index is 0.0221. The number of carbonyl (C=O) groups is 1. The van der Waals surface area contributed by atoms with Crippen LogP contribution in [0.1, 0.15) is 30.4 Å². The van der Waals surface area contributed by atoms with Crippen LogP contribution in [0.2, 0.25) is 10.0 Å². The first-order valence-electron chi connectivity index (χ1n) is 10.4. The Kier molecular flexibility index (Phi) is 6.75. The molecule has 0 aromatic heterocycles. The van der Waals surface area contributed by atoms with Crippen molar-refractivity contribution in [2.75, 3.05) is 32.8 Å². The Labute approximate surface area is 192 Å². The lowest BCUT2D eigenvalue weighted by atomic mass is 9.74. The lowest BCUT2D eigenvalue weighted by Gasteiger charge is -2.38. The summed E-state index contributed by atoms with van der Waals surface area (Å²) in [5.41, 5.74) is 2.04. The average Bonchev–Trinajstić information content (AvgIpc) is 3.10. The number of carboxylic acid groups (broad SMARTS) is 1. The summed E-state index contributed by atoms with van der Waals surface area (Å²) >= 11 is 12.4. The summed E-state index contributed by atoms with van der Waals surface area (Å²) in [5, 5.41) is 10.1. The van der Waals surface area contributed by atoms with Gasteiger partial charge in [-0.1, -0.05) is 41.4 Å². The molecule has 164 valence electrons. The van der Waals surface area contributed by atoms with E-state index in [1.165, 1.54) is 5.56 Å². The van der Waals surface area contributed by atoms with Crippen LogP contribution in [-0.4, -0.2) is 48.8 Å². The summed E-state index contributed by atoms with van der Waals surface area (Å²) in [6.07, 6.45) is 5.89. The maximum atomic E-state index is 10.8. The molecule has 5 nitrogen and oxygen atoms in total. The van der Waals surface area contributed by atoms with Crippen LogP contribution in [0, 0.1) is 0 Å². The highest BCUT2D eigenvalue weighted by atomic mass is 35.5. The molecule has 0 amide bonds. The van der Waals surface area contributed by atoms with Crippen LogP contribution in [0.4, 0.5) is 0 Å². The molecule has 2 aromatic rings. The first-order chi connectivity index (χ1) is 15.0. The zero-order chi connectivity index (χ0) is 21.8. The second-order valence-corrected chi connectivity index (χ2v) is 8.88. The third-order valence-electron chi connectivity index (χ3n) is 6.11. The lowest BCUT2D eigenvalue weighted by Crippen LogP contribution is -2.44. The molecule has 1 saturated heterocycles. The third-order valence-corrected chi connectivity index (χ3v) is 6.77. The van der Waals surface area contributed by atoms with Crippen molar-refractivity contribution in [3.63, 3.8) is 0 Å². The molecule has 7 heteroatoms. The molecule has 0 unspecified atom stereocenters. The fourth-order valence-electron chi connectivity index (χ4n) is 4.30. The fourth-order valence-corrected chi connectivity index (χ4v) is 4.82. The molecule has 0 atom stereocenters. The number of ether oxygens (including phenoxy) is 2. The zero-order valence-corrected chi connectivity index (χ0v) is 18.7. The van der Waals surface area contributed by atoms with Crippen LogP contribution < -0.4 is 9.47 Å². The Morgan fingerprint density at radius 2 is 1.94 bits per heavy atom. The largest absolute Gasteiger partial charge is 0.492 e. The summed E-state index contributed by atoms with van der Waals surface area (Å²) in [7, 11) is 0. The van der Waals surface area contributed by atoms with Crippen molar-refractivity contribution in [2.24, 2.45) is 0 Å². The van der Waals surface area contributed by atoms with E-state index in [1.54, 1.807) is 12.1 Å².